The maximum Gasteiger partial charge on any atom is 0.412 e. The van der Waals surface area contributed by atoms with Crippen molar-refractivity contribution in [2.75, 3.05) is 5.32 Å². The molecule has 1 rings (SSSR count). The lowest BCUT2D eigenvalue weighted by atomic mass is 9.98. The highest BCUT2D eigenvalue weighted by Gasteiger charge is 2.18. The summed E-state index contributed by atoms with van der Waals surface area (Å²) in [4.78, 5) is 11.8. The molecule has 2 N–H and O–H groups in total. The summed E-state index contributed by atoms with van der Waals surface area (Å²) in [6.07, 6.45) is 0.00196. The van der Waals surface area contributed by atoms with Gasteiger partial charge in [0.25, 0.3) is 0 Å². The first-order valence-corrected chi connectivity index (χ1v) is 7.26. The van der Waals surface area contributed by atoms with E-state index in [9.17, 15) is 9.90 Å². The summed E-state index contributed by atoms with van der Waals surface area (Å²) >= 11 is 3.39. The van der Waals surface area contributed by atoms with Crippen molar-refractivity contribution in [2.24, 2.45) is 0 Å². The summed E-state index contributed by atoms with van der Waals surface area (Å²) < 4.78 is 5.98. The second-order valence-electron chi connectivity index (χ2n) is 6.43. The molecule has 0 spiro atoms. The highest BCUT2D eigenvalue weighted by atomic mass is 79.9. The van der Waals surface area contributed by atoms with E-state index in [1.807, 2.05) is 39.0 Å². The molecule has 1 aromatic carbocycles. The second-order valence-corrected chi connectivity index (χ2v) is 7.28. The number of carbonyl (C=O) groups excluding carboxylic acids is 1. The molecule has 0 aromatic heterocycles. The average molecular weight is 344 g/mol. The molecule has 20 heavy (non-hydrogen) atoms. The number of hydrogen-bond donors (Lipinski definition) is 2. The number of anilines is 1. The Kier molecular flexibility index (Phi) is 5.21. The molecule has 5 heteroatoms. The number of aliphatic hydroxyl groups is 1. The zero-order chi connectivity index (χ0) is 15.6. The molecule has 0 aliphatic rings. The minimum Gasteiger partial charge on any atom is -0.444 e. The van der Waals surface area contributed by atoms with Gasteiger partial charge in [0.15, 0.2) is 0 Å². The topological polar surface area (TPSA) is 58.6 Å². The number of amides is 1. The zero-order valence-electron chi connectivity index (χ0n) is 12.6. The fourth-order valence-corrected chi connectivity index (χ4v) is 2.04. The SMILES string of the molecule is CC(C)(O)Cc1ccc(Br)c(NC(=O)OC(C)(C)C)c1. The Balaban J connectivity index is 2.84. The van der Waals surface area contributed by atoms with E-state index in [1.54, 1.807) is 13.8 Å². The molecule has 0 unspecified atom stereocenters. The van der Waals surface area contributed by atoms with Gasteiger partial charge in [0, 0.05) is 10.9 Å². The van der Waals surface area contributed by atoms with Crippen molar-refractivity contribution in [3.8, 4) is 0 Å². The van der Waals surface area contributed by atoms with Gasteiger partial charge in [-0.1, -0.05) is 6.07 Å². The number of nitrogens with one attached hydrogen (secondary N) is 1. The first kappa shape index (κ1) is 17.0. The number of rotatable bonds is 3. The van der Waals surface area contributed by atoms with E-state index in [0.717, 1.165) is 10.0 Å². The highest BCUT2D eigenvalue weighted by Crippen LogP contribution is 2.26. The molecule has 0 aliphatic heterocycles. The van der Waals surface area contributed by atoms with Crippen molar-refractivity contribution in [2.45, 2.75) is 52.2 Å². The summed E-state index contributed by atoms with van der Waals surface area (Å²) in [5.74, 6) is 0. The van der Waals surface area contributed by atoms with Gasteiger partial charge in [0.1, 0.15) is 5.60 Å². The third-order valence-corrected chi connectivity index (χ3v) is 2.99. The molecule has 0 saturated carbocycles. The number of carbonyl (C=O) groups is 1. The lowest BCUT2D eigenvalue weighted by molar-refractivity contribution is 0.0635. The molecule has 0 heterocycles. The molecule has 0 fully saturated rings. The third kappa shape index (κ3) is 6.39. The van der Waals surface area contributed by atoms with Gasteiger partial charge in [-0.05, 0) is 68.2 Å². The van der Waals surface area contributed by atoms with E-state index >= 15 is 0 Å². The van der Waals surface area contributed by atoms with E-state index in [1.165, 1.54) is 0 Å². The monoisotopic (exact) mass is 343 g/mol. The smallest absolute Gasteiger partial charge is 0.412 e. The highest BCUT2D eigenvalue weighted by molar-refractivity contribution is 9.10. The molecular weight excluding hydrogens is 322 g/mol. The van der Waals surface area contributed by atoms with Crippen molar-refractivity contribution in [1.29, 1.82) is 0 Å². The average Bonchev–Trinajstić information content (AvgIpc) is 2.18. The van der Waals surface area contributed by atoms with Crippen LogP contribution in [0.15, 0.2) is 22.7 Å². The van der Waals surface area contributed by atoms with Crippen LogP contribution in [-0.4, -0.2) is 22.4 Å². The zero-order valence-corrected chi connectivity index (χ0v) is 14.2. The summed E-state index contributed by atoms with van der Waals surface area (Å²) in [7, 11) is 0. The number of halogens is 1. The normalized spacial score (nSPS) is 12.2. The van der Waals surface area contributed by atoms with Gasteiger partial charge in [-0.15, -0.1) is 0 Å². The molecule has 4 nitrogen and oxygen atoms in total. The molecular formula is C15H22BrNO3. The van der Waals surface area contributed by atoms with Crippen molar-refractivity contribution in [3.63, 3.8) is 0 Å². The lowest BCUT2D eigenvalue weighted by Crippen LogP contribution is -2.27. The summed E-state index contributed by atoms with van der Waals surface area (Å²) in [6.45, 7) is 8.93. The van der Waals surface area contributed by atoms with Crippen LogP contribution in [0.25, 0.3) is 0 Å². The van der Waals surface area contributed by atoms with Gasteiger partial charge in [-0.2, -0.15) is 0 Å². The Hall–Kier alpha value is -1.07. The van der Waals surface area contributed by atoms with Gasteiger partial charge in [-0.3, -0.25) is 5.32 Å². The van der Waals surface area contributed by atoms with Gasteiger partial charge in [0.2, 0.25) is 0 Å². The van der Waals surface area contributed by atoms with Crippen molar-refractivity contribution >= 4 is 27.7 Å². The van der Waals surface area contributed by atoms with Crippen molar-refractivity contribution in [1.82, 2.24) is 0 Å². The van der Waals surface area contributed by atoms with E-state index in [0.29, 0.717) is 12.1 Å². The predicted molar refractivity (Wildman–Crippen MR) is 84.0 cm³/mol. The van der Waals surface area contributed by atoms with Crippen LogP contribution in [-0.2, 0) is 11.2 Å². The number of benzene rings is 1. The Morgan fingerprint density at radius 2 is 1.90 bits per heavy atom. The van der Waals surface area contributed by atoms with Gasteiger partial charge in [-0.25, -0.2) is 4.79 Å². The fraction of sp³-hybridized carbons (Fsp3) is 0.533. The maximum absolute atomic E-state index is 11.8. The van der Waals surface area contributed by atoms with Crippen LogP contribution in [0.4, 0.5) is 10.5 Å². The van der Waals surface area contributed by atoms with Crippen LogP contribution in [0.5, 0.6) is 0 Å². The minimum atomic E-state index is -0.795. The summed E-state index contributed by atoms with van der Waals surface area (Å²) in [5.41, 5.74) is 0.228. The number of hydrogen-bond acceptors (Lipinski definition) is 3. The quantitative estimate of drug-likeness (QED) is 0.868. The molecule has 0 radical (unpaired) electrons. The molecule has 0 saturated heterocycles. The lowest BCUT2D eigenvalue weighted by Gasteiger charge is -2.21. The molecule has 0 atom stereocenters. The maximum atomic E-state index is 11.8. The first-order valence-electron chi connectivity index (χ1n) is 6.47. The minimum absolute atomic E-state index is 0.501. The number of ether oxygens (including phenoxy) is 1. The molecule has 112 valence electrons. The van der Waals surface area contributed by atoms with E-state index in [4.69, 9.17) is 4.74 Å². The fourth-order valence-electron chi connectivity index (χ4n) is 1.69. The summed E-state index contributed by atoms with van der Waals surface area (Å²) in [5, 5.41) is 12.5. The third-order valence-electron chi connectivity index (χ3n) is 2.30. The van der Waals surface area contributed by atoms with Crippen LogP contribution in [0.1, 0.15) is 40.2 Å². The second kappa shape index (κ2) is 6.14. The van der Waals surface area contributed by atoms with Crippen LogP contribution < -0.4 is 5.32 Å². The predicted octanol–water partition coefficient (Wildman–Crippen LogP) is 4.11. The van der Waals surface area contributed by atoms with Crippen LogP contribution in [0.3, 0.4) is 0 Å². The molecule has 1 amide bonds. The largest absolute Gasteiger partial charge is 0.444 e. The molecule has 0 aliphatic carbocycles. The van der Waals surface area contributed by atoms with E-state index < -0.39 is 17.3 Å². The molecule has 0 bridgehead atoms. The Labute approximate surface area is 128 Å². The van der Waals surface area contributed by atoms with Crippen LogP contribution in [0, 0.1) is 0 Å². The summed E-state index contributed by atoms with van der Waals surface area (Å²) in [6, 6.07) is 5.57. The van der Waals surface area contributed by atoms with Crippen LogP contribution >= 0.6 is 15.9 Å². The Morgan fingerprint density at radius 3 is 2.40 bits per heavy atom. The van der Waals surface area contributed by atoms with Crippen LogP contribution in [0.2, 0.25) is 0 Å². The van der Waals surface area contributed by atoms with Crippen molar-refractivity contribution in [3.05, 3.63) is 28.2 Å². The molecule has 1 aromatic rings. The first-order chi connectivity index (χ1) is 8.96. The van der Waals surface area contributed by atoms with Crippen molar-refractivity contribution < 1.29 is 14.6 Å². The van der Waals surface area contributed by atoms with E-state index in [-0.39, 0.29) is 0 Å². The Bertz CT molecular complexity index is 487. The van der Waals surface area contributed by atoms with Gasteiger partial charge in [0.05, 0.1) is 11.3 Å². The Morgan fingerprint density at radius 1 is 1.30 bits per heavy atom. The van der Waals surface area contributed by atoms with E-state index in [2.05, 4.69) is 21.2 Å². The van der Waals surface area contributed by atoms with Gasteiger partial charge >= 0.3 is 6.09 Å². The standard InChI is InChI=1S/C15H22BrNO3/c1-14(2,3)20-13(18)17-12-8-10(6-7-11(12)16)9-15(4,5)19/h6-8,19H,9H2,1-5H3,(H,17,18). The van der Waals surface area contributed by atoms with Gasteiger partial charge < -0.3 is 9.84 Å².